The molecule has 3 rings (SSSR count). The molecule has 2 aliphatic carbocycles. The minimum absolute atomic E-state index is 0.00511. The summed E-state index contributed by atoms with van der Waals surface area (Å²) in [6, 6.07) is 6.83. The maximum atomic E-state index is 6.08. The van der Waals surface area contributed by atoms with Gasteiger partial charge >= 0.3 is 0 Å². The molecule has 1 aromatic carbocycles. The van der Waals surface area contributed by atoms with Crippen LogP contribution in [0.5, 0.6) is 0 Å². The molecule has 0 bridgehead atoms. The van der Waals surface area contributed by atoms with Gasteiger partial charge in [0.25, 0.3) is 0 Å². The van der Waals surface area contributed by atoms with E-state index in [4.69, 9.17) is 18.0 Å². The highest BCUT2D eigenvalue weighted by atomic mass is 35.5. The fourth-order valence-corrected chi connectivity index (χ4v) is 2.53. The molecule has 2 aliphatic rings. The third-order valence-corrected chi connectivity index (χ3v) is 4.00. The van der Waals surface area contributed by atoms with E-state index >= 15 is 0 Å². The number of hydrogen-bond donors (Lipinski definition) is 1. The zero-order valence-corrected chi connectivity index (χ0v) is 10.6. The Balaban J connectivity index is 1.88. The molecule has 88 valence electrons. The molecular weight excluding hydrogens is 230 g/mol. The van der Waals surface area contributed by atoms with Crippen LogP contribution in [-0.4, -0.2) is 6.04 Å². The highest BCUT2D eigenvalue weighted by molar-refractivity contribution is 6.30. The van der Waals surface area contributed by atoms with E-state index in [0.29, 0.717) is 6.04 Å². The van der Waals surface area contributed by atoms with E-state index in [9.17, 15) is 0 Å². The van der Waals surface area contributed by atoms with Gasteiger partial charge in [-0.3, -0.25) is 0 Å². The number of benzene rings is 1. The largest absolute Gasteiger partial charge is 0.310 e. The Kier molecular flexibility index (Phi) is 2.65. The summed E-state index contributed by atoms with van der Waals surface area (Å²) in [6.07, 6.45) is 10.5. The van der Waals surface area contributed by atoms with Crippen molar-refractivity contribution in [3.8, 4) is 12.3 Å². The Morgan fingerprint density at radius 1 is 1.41 bits per heavy atom. The molecule has 0 amide bonds. The lowest BCUT2D eigenvalue weighted by Gasteiger charge is -2.15. The Hall–Kier alpha value is -0.970. The molecule has 0 unspecified atom stereocenters. The van der Waals surface area contributed by atoms with Gasteiger partial charge in [0.15, 0.2) is 0 Å². The molecule has 17 heavy (non-hydrogen) atoms. The maximum Gasteiger partial charge on any atom is 0.0564 e. The molecule has 0 saturated heterocycles. The van der Waals surface area contributed by atoms with Crippen molar-refractivity contribution in [2.24, 2.45) is 0 Å². The van der Waals surface area contributed by atoms with Crippen LogP contribution in [0.1, 0.15) is 36.8 Å². The normalized spacial score (nSPS) is 20.9. The van der Waals surface area contributed by atoms with Gasteiger partial charge in [-0.25, -0.2) is 0 Å². The summed E-state index contributed by atoms with van der Waals surface area (Å²) >= 11 is 6.08. The van der Waals surface area contributed by atoms with Crippen LogP contribution in [0, 0.1) is 12.3 Å². The van der Waals surface area contributed by atoms with Crippen LogP contribution < -0.4 is 5.32 Å². The van der Waals surface area contributed by atoms with Crippen molar-refractivity contribution in [3.63, 3.8) is 0 Å². The van der Waals surface area contributed by atoms with Gasteiger partial charge in [0.05, 0.1) is 5.41 Å². The van der Waals surface area contributed by atoms with Crippen LogP contribution in [0.4, 0.5) is 0 Å². The molecule has 2 saturated carbocycles. The third-order valence-electron chi connectivity index (χ3n) is 3.77. The summed E-state index contributed by atoms with van der Waals surface area (Å²) in [5, 5.41) is 4.34. The highest BCUT2D eigenvalue weighted by Crippen LogP contribution is 2.49. The van der Waals surface area contributed by atoms with Gasteiger partial charge < -0.3 is 5.32 Å². The van der Waals surface area contributed by atoms with Crippen molar-refractivity contribution < 1.29 is 0 Å². The Bertz CT molecular complexity index is 478. The van der Waals surface area contributed by atoms with Crippen molar-refractivity contribution in [2.75, 3.05) is 0 Å². The van der Waals surface area contributed by atoms with Crippen molar-refractivity contribution in [1.82, 2.24) is 5.32 Å². The second kappa shape index (κ2) is 4.05. The van der Waals surface area contributed by atoms with Crippen molar-refractivity contribution in [3.05, 3.63) is 34.3 Å². The Labute approximate surface area is 108 Å². The van der Waals surface area contributed by atoms with E-state index in [1.807, 2.05) is 6.07 Å². The monoisotopic (exact) mass is 245 g/mol. The molecule has 0 heterocycles. The van der Waals surface area contributed by atoms with Gasteiger partial charge in [0.1, 0.15) is 0 Å². The SMILES string of the molecule is C#CC1(c2ccc(Cl)cc2CNC2CC2)CC1. The third kappa shape index (κ3) is 2.20. The molecule has 0 spiro atoms. The molecule has 2 heteroatoms. The molecule has 1 N–H and O–H groups in total. The summed E-state index contributed by atoms with van der Waals surface area (Å²) in [5.74, 6) is 2.96. The minimum Gasteiger partial charge on any atom is -0.310 e. The summed E-state index contributed by atoms with van der Waals surface area (Å²) in [5.41, 5.74) is 2.59. The maximum absolute atomic E-state index is 6.08. The van der Waals surface area contributed by atoms with Crippen LogP contribution >= 0.6 is 11.6 Å². The molecular formula is C15H16ClN. The van der Waals surface area contributed by atoms with Gasteiger partial charge in [-0.15, -0.1) is 6.42 Å². The first-order valence-corrected chi connectivity index (χ1v) is 6.61. The van der Waals surface area contributed by atoms with E-state index in [1.165, 1.54) is 24.0 Å². The van der Waals surface area contributed by atoms with Crippen LogP contribution in [0.25, 0.3) is 0 Å². The fourth-order valence-electron chi connectivity index (χ4n) is 2.33. The first-order chi connectivity index (χ1) is 8.23. The zero-order chi connectivity index (χ0) is 11.9. The minimum atomic E-state index is 0.00511. The average molecular weight is 246 g/mol. The number of rotatable bonds is 4. The van der Waals surface area contributed by atoms with Gasteiger partial charge in [0.2, 0.25) is 0 Å². The Morgan fingerprint density at radius 2 is 2.18 bits per heavy atom. The molecule has 0 aliphatic heterocycles. The quantitative estimate of drug-likeness (QED) is 0.803. The molecule has 0 aromatic heterocycles. The summed E-state index contributed by atoms with van der Waals surface area (Å²) in [7, 11) is 0. The molecule has 0 atom stereocenters. The number of halogens is 1. The van der Waals surface area contributed by atoms with Crippen LogP contribution in [0.15, 0.2) is 18.2 Å². The van der Waals surface area contributed by atoms with Crippen LogP contribution in [0.2, 0.25) is 5.02 Å². The van der Waals surface area contributed by atoms with E-state index in [1.54, 1.807) is 0 Å². The highest BCUT2D eigenvalue weighted by Gasteiger charge is 2.43. The van der Waals surface area contributed by atoms with E-state index in [-0.39, 0.29) is 5.41 Å². The molecule has 1 aromatic rings. The topological polar surface area (TPSA) is 12.0 Å². The number of nitrogens with one attached hydrogen (secondary N) is 1. The lowest BCUT2D eigenvalue weighted by molar-refractivity contribution is 0.678. The van der Waals surface area contributed by atoms with Crippen molar-refractivity contribution in [1.29, 1.82) is 0 Å². The smallest absolute Gasteiger partial charge is 0.0564 e. The van der Waals surface area contributed by atoms with Gasteiger partial charge in [0, 0.05) is 17.6 Å². The summed E-state index contributed by atoms with van der Waals surface area (Å²) in [4.78, 5) is 0. The van der Waals surface area contributed by atoms with Gasteiger partial charge in [-0.05, 0) is 48.9 Å². The predicted octanol–water partition coefficient (Wildman–Crippen LogP) is 3.26. The summed E-state index contributed by atoms with van der Waals surface area (Å²) < 4.78 is 0. The first kappa shape index (κ1) is 11.1. The number of hydrogen-bond acceptors (Lipinski definition) is 1. The summed E-state index contributed by atoms with van der Waals surface area (Å²) in [6.45, 7) is 0.893. The van der Waals surface area contributed by atoms with Crippen LogP contribution in [-0.2, 0) is 12.0 Å². The molecule has 0 radical (unpaired) electrons. The van der Waals surface area contributed by atoms with Crippen LogP contribution in [0.3, 0.4) is 0 Å². The lowest BCUT2D eigenvalue weighted by Crippen LogP contribution is -2.18. The molecule has 2 fully saturated rings. The van der Waals surface area contributed by atoms with E-state index < -0.39 is 0 Å². The van der Waals surface area contributed by atoms with E-state index in [0.717, 1.165) is 24.4 Å². The predicted molar refractivity (Wildman–Crippen MR) is 71.1 cm³/mol. The van der Waals surface area contributed by atoms with Gasteiger partial charge in [-0.1, -0.05) is 23.6 Å². The first-order valence-electron chi connectivity index (χ1n) is 6.24. The van der Waals surface area contributed by atoms with Crippen molar-refractivity contribution in [2.45, 2.75) is 43.7 Å². The van der Waals surface area contributed by atoms with Crippen molar-refractivity contribution >= 4 is 11.6 Å². The standard InChI is InChI=1S/C15H16ClN/c1-2-15(7-8-15)14-6-3-12(16)9-11(14)10-17-13-4-5-13/h1,3,6,9,13,17H,4-5,7-8,10H2. The zero-order valence-electron chi connectivity index (χ0n) is 9.80. The second-order valence-electron chi connectivity index (χ2n) is 5.18. The van der Waals surface area contributed by atoms with Gasteiger partial charge in [-0.2, -0.15) is 0 Å². The Morgan fingerprint density at radius 3 is 2.76 bits per heavy atom. The lowest BCUT2D eigenvalue weighted by atomic mass is 9.92. The fraction of sp³-hybridized carbons (Fsp3) is 0.467. The van der Waals surface area contributed by atoms with E-state index in [2.05, 4.69) is 23.4 Å². The molecule has 1 nitrogen and oxygen atoms in total. The average Bonchev–Trinajstić information content (AvgIpc) is 3.21. The number of terminal acetylenes is 1. The second-order valence-corrected chi connectivity index (χ2v) is 5.62.